The average Bonchev–Trinajstić information content (AvgIpc) is 3.04. The predicted molar refractivity (Wildman–Crippen MR) is 107 cm³/mol. The molecule has 1 aromatic rings. The molecule has 0 unspecified atom stereocenters. The lowest BCUT2D eigenvalue weighted by atomic mass is 9.73. The van der Waals surface area contributed by atoms with Gasteiger partial charge >= 0.3 is 5.97 Å². The SMILES string of the molecule is [2H]C([2H])(Oc1cccc2c1C[C@H]1C[C@@H](O)[C@H](CC([2H])([2H])[C@@]([2H])(O)C([2H])([2H])CCCC)[C@H]1C2)C(=O)O. The topological polar surface area (TPSA) is 87.0 Å². The Morgan fingerprint density at radius 2 is 2.18 bits per heavy atom. The molecule has 5 nitrogen and oxygen atoms in total. The van der Waals surface area contributed by atoms with Gasteiger partial charge in [0.15, 0.2) is 6.56 Å². The molecule has 5 atom stereocenters. The zero-order valence-electron chi connectivity index (χ0n) is 23.1. The van der Waals surface area contributed by atoms with Gasteiger partial charge in [-0.15, -0.1) is 0 Å². The number of ether oxygens (including phenoxy) is 1. The highest BCUT2D eigenvalue weighted by molar-refractivity contribution is 5.68. The fourth-order valence-electron chi connectivity index (χ4n) is 4.54. The number of rotatable bonds is 10. The Morgan fingerprint density at radius 3 is 2.93 bits per heavy atom. The highest BCUT2D eigenvalue weighted by atomic mass is 16.5. The maximum absolute atomic E-state index is 11.2. The van der Waals surface area contributed by atoms with E-state index in [1.165, 1.54) is 6.07 Å². The largest absolute Gasteiger partial charge is 0.482 e. The summed E-state index contributed by atoms with van der Waals surface area (Å²) in [6.45, 7) is -1.06. The maximum atomic E-state index is 11.2. The van der Waals surface area contributed by atoms with Crippen molar-refractivity contribution in [2.45, 2.75) is 76.8 Å². The van der Waals surface area contributed by atoms with Gasteiger partial charge in [0.25, 0.3) is 0 Å². The molecule has 0 saturated heterocycles. The molecule has 1 saturated carbocycles. The van der Waals surface area contributed by atoms with Gasteiger partial charge < -0.3 is 20.1 Å². The van der Waals surface area contributed by atoms with Crippen LogP contribution in [0.2, 0.25) is 0 Å². The van der Waals surface area contributed by atoms with Crippen LogP contribution in [0.1, 0.15) is 72.5 Å². The van der Waals surface area contributed by atoms with E-state index < -0.39 is 43.4 Å². The summed E-state index contributed by atoms with van der Waals surface area (Å²) in [6.07, 6.45) is -7.37. The van der Waals surface area contributed by atoms with Gasteiger partial charge in [0.05, 0.1) is 16.3 Å². The fourth-order valence-corrected chi connectivity index (χ4v) is 4.54. The minimum Gasteiger partial charge on any atom is -0.482 e. The molecule has 2 aliphatic rings. The molecule has 1 aromatic carbocycles. The van der Waals surface area contributed by atoms with Crippen LogP contribution in [0.15, 0.2) is 18.2 Å². The van der Waals surface area contributed by atoms with E-state index in [4.69, 9.17) is 19.4 Å². The predicted octanol–water partition coefficient (Wildman–Crippen LogP) is 3.58. The van der Waals surface area contributed by atoms with Gasteiger partial charge in [0, 0.05) is 5.48 Å². The van der Waals surface area contributed by atoms with Crippen molar-refractivity contribution in [3.05, 3.63) is 29.3 Å². The first kappa shape index (κ1) is 13.6. The van der Waals surface area contributed by atoms with Crippen LogP contribution < -0.4 is 4.74 Å². The molecule has 156 valence electrons. The molecule has 0 radical (unpaired) electrons. The van der Waals surface area contributed by atoms with Gasteiger partial charge in [-0.1, -0.05) is 38.3 Å². The Kier molecular flexibility index (Phi) is 4.73. The van der Waals surface area contributed by atoms with Crippen molar-refractivity contribution in [1.82, 2.24) is 0 Å². The van der Waals surface area contributed by atoms with E-state index in [9.17, 15) is 15.0 Å². The van der Waals surface area contributed by atoms with Crippen LogP contribution in [0.25, 0.3) is 0 Å². The zero-order valence-corrected chi connectivity index (χ0v) is 16.1. The first-order chi connectivity index (χ1) is 16.0. The van der Waals surface area contributed by atoms with Crippen LogP contribution in [-0.2, 0) is 17.6 Å². The lowest BCUT2D eigenvalue weighted by molar-refractivity contribution is -0.139. The Bertz CT molecular complexity index is 937. The summed E-state index contributed by atoms with van der Waals surface area (Å²) in [7, 11) is 0. The van der Waals surface area contributed by atoms with Gasteiger partial charge in [-0.05, 0) is 73.4 Å². The first-order valence-electron chi connectivity index (χ1n) is 13.5. The number of aliphatic hydroxyl groups excluding tert-OH is 1. The molecular weight excluding hydrogens is 356 g/mol. The molecule has 28 heavy (non-hydrogen) atoms. The molecule has 0 aromatic heterocycles. The van der Waals surface area contributed by atoms with E-state index in [0.29, 0.717) is 37.7 Å². The van der Waals surface area contributed by atoms with Crippen molar-refractivity contribution in [2.75, 3.05) is 6.56 Å². The Morgan fingerprint density at radius 1 is 1.36 bits per heavy atom. The van der Waals surface area contributed by atoms with E-state index in [2.05, 4.69) is 0 Å². The molecule has 5 heteroatoms. The normalized spacial score (nSPS) is 33.5. The van der Waals surface area contributed by atoms with Crippen LogP contribution >= 0.6 is 0 Å². The minimum absolute atomic E-state index is 0.116. The molecule has 0 spiro atoms. The maximum Gasteiger partial charge on any atom is 0.341 e. The van der Waals surface area contributed by atoms with Crippen LogP contribution in [-0.4, -0.2) is 40.0 Å². The first-order valence-corrected chi connectivity index (χ1v) is 9.97. The van der Waals surface area contributed by atoms with Crippen LogP contribution in [0.3, 0.4) is 0 Å². The van der Waals surface area contributed by atoms with E-state index in [0.717, 1.165) is 5.56 Å². The van der Waals surface area contributed by atoms with Crippen LogP contribution in [0.5, 0.6) is 5.75 Å². The van der Waals surface area contributed by atoms with Crippen molar-refractivity contribution in [3.8, 4) is 5.75 Å². The number of aliphatic hydroxyl groups is 2. The molecule has 3 N–H and O–H groups in total. The van der Waals surface area contributed by atoms with Gasteiger partial charge in [-0.3, -0.25) is 0 Å². The summed E-state index contributed by atoms with van der Waals surface area (Å²) in [5, 5.41) is 30.6. The molecular formula is C23H34O5. The zero-order chi connectivity index (χ0) is 26.4. The minimum atomic E-state index is -3.00. The number of carboxylic acids is 1. The number of aliphatic carboxylic acids is 1. The number of hydrogen-bond acceptors (Lipinski definition) is 4. The van der Waals surface area contributed by atoms with Crippen molar-refractivity contribution in [3.63, 3.8) is 0 Å². The summed E-state index contributed by atoms with van der Waals surface area (Å²) in [5.41, 5.74) is 1.44. The average molecular weight is 398 g/mol. The van der Waals surface area contributed by atoms with E-state index in [1.807, 2.05) is 6.92 Å². The Balaban J connectivity index is 1.84. The number of benzene rings is 1. The van der Waals surface area contributed by atoms with Crippen molar-refractivity contribution >= 4 is 5.97 Å². The third-order valence-electron chi connectivity index (χ3n) is 5.92. The second kappa shape index (κ2) is 9.75. The van der Waals surface area contributed by atoms with E-state index >= 15 is 0 Å². The molecule has 0 aliphatic heterocycles. The summed E-state index contributed by atoms with van der Waals surface area (Å²) in [4.78, 5) is 11.2. The van der Waals surface area contributed by atoms with Crippen molar-refractivity contribution < 1.29 is 34.4 Å². The third kappa shape index (κ3) is 5.06. The summed E-state index contributed by atoms with van der Waals surface area (Å²) in [6, 6.07) is 4.92. The highest BCUT2D eigenvalue weighted by Gasteiger charge is 2.44. The summed E-state index contributed by atoms with van der Waals surface area (Å²) in [5.74, 6) is -2.56. The molecule has 3 rings (SSSR count). The van der Waals surface area contributed by atoms with Gasteiger partial charge in [-0.2, -0.15) is 0 Å². The monoisotopic (exact) mass is 397 g/mol. The lowest BCUT2D eigenvalue weighted by Crippen LogP contribution is -2.28. The fraction of sp³-hybridized carbons (Fsp3) is 0.696. The molecule has 2 aliphatic carbocycles. The second-order valence-corrected chi connectivity index (χ2v) is 7.71. The van der Waals surface area contributed by atoms with Crippen molar-refractivity contribution in [2.24, 2.45) is 17.8 Å². The highest BCUT2D eigenvalue weighted by Crippen LogP contribution is 2.48. The molecule has 0 bridgehead atoms. The summed E-state index contributed by atoms with van der Waals surface area (Å²) >= 11 is 0. The second-order valence-electron chi connectivity index (χ2n) is 7.71. The third-order valence-corrected chi connectivity index (χ3v) is 5.92. The molecule has 0 amide bonds. The number of fused-ring (bicyclic) bond motifs is 2. The van der Waals surface area contributed by atoms with Crippen LogP contribution in [0, 0.1) is 17.8 Å². The van der Waals surface area contributed by atoms with Gasteiger partial charge in [0.1, 0.15) is 5.75 Å². The number of hydrogen-bond donors (Lipinski definition) is 3. The number of carboxylic acid groups (broad SMARTS) is 1. The van der Waals surface area contributed by atoms with E-state index in [-0.39, 0.29) is 30.4 Å². The quantitative estimate of drug-likeness (QED) is 0.562. The lowest BCUT2D eigenvalue weighted by Gasteiger charge is -2.32. The van der Waals surface area contributed by atoms with E-state index in [1.54, 1.807) is 12.1 Å². The van der Waals surface area contributed by atoms with Gasteiger partial charge in [0.2, 0.25) is 0 Å². The number of unbranched alkanes of at least 4 members (excludes halogenated alkanes) is 1. The Labute approximate surface area is 177 Å². The molecule has 1 fully saturated rings. The molecule has 0 heterocycles. The van der Waals surface area contributed by atoms with Gasteiger partial charge in [-0.25, -0.2) is 4.79 Å². The van der Waals surface area contributed by atoms with Crippen molar-refractivity contribution in [1.29, 1.82) is 0 Å². The van der Waals surface area contributed by atoms with Crippen LogP contribution in [0.4, 0.5) is 0 Å². The summed E-state index contributed by atoms with van der Waals surface area (Å²) < 4.78 is 61.8. The standard InChI is InChI=1S/C23H34O5/c1-2-3-4-7-17(24)9-10-18-19-11-15-6-5-8-22(28-14-23(26)27)20(15)12-16(19)13-21(18)25/h5-6,8,16-19,21,24-25H,2-4,7,9-14H2,1H3,(H,26,27)/t16-,17-,18+,19-,21+/m0/s1/i7D2,9D2,14D2,17D. The smallest absolute Gasteiger partial charge is 0.341 e. The Hall–Kier alpha value is -1.59. The number of carbonyl (C=O) groups is 1.